The number of hydrogen-bond donors (Lipinski definition) is 1. The quantitative estimate of drug-likeness (QED) is 0.526. The zero-order chi connectivity index (χ0) is 22.0. The van der Waals surface area contributed by atoms with Crippen molar-refractivity contribution in [1.82, 2.24) is 4.90 Å². The van der Waals surface area contributed by atoms with E-state index in [0.29, 0.717) is 16.3 Å². The zero-order valence-electron chi connectivity index (χ0n) is 16.9. The number of anilines is 1. The molecule has 3 aromatic rings. The van der Waals surface area contributed by atoms with Crippen LogP contribution in [0.15, 0.2) is 78.5 Å². The van der Waals surface area contributed by atoms with Gasteiger partial charge in [0.1, 0.15) is 11.5 Å². The van der Waals surface area contributed by atoms with Gasteiger partial charge in [0, 0.05) is 10.7 Å². The topological polar surface area (TPSA) is 49.4 Å². The molecule has 156 valence electrons. The van der Waals surface area contributed by atoms with E-state index in [1.807, 2.05) is 24.3 Å². The SMILES string of the molecule is CCc1ccc(NC2=C(c3ccc(F)cc3)C(=O)N(Cc3ccc(Cl)cc3)C2=O)cc1. The highest BCUT2D eigenvalue weighted by molar-refractivity contribution is 6.36. The number of carbonyl (C=O) groups is 2. The van der Waals surface area contributed by atoms with Crippen LogP contribution >= 0.6 is 11.6 Å². The van der Waals surface area contributed by atoms with Gasteiger partial charge >= 0.3 is 0 Å². The Bertz CT molecular complexity index is 1150. The largest absolute Gasteiger partial charge is 0.350 e. The number of carbonyl (C=O) groups excluding carboxylic acids is 2. The Hall–Kier alpha value is -3.44. The number of benzene rings is 3. The van der Waals surface area contributed by atoms with Crippen LogP contribution in [0.25, 0.3) is 5.57 Å². The molecule has 0 radical (unpaired) electrons. The van der Waals surface area contributed by atoms with Crippen LogP contribution in [0.5, 0.6) is 0 Å². The predicted molar refractivity (Wildman–Crippen MR) is 120 cm³/mol. The van der Waals surface area contributed by atoms with Crippen LogP contribution in [0.4, 0.5) is 10.1 Å². The second-order valence-electron chi connectivity index (χ2n) is 7.26. The summed E-state index contributed by atoms with van der Waals surface area (Å²) in [6.07, 6.45) is 0.899. The highest BCUT2D eigenvalue weighted by Crippen LogP contribution is 2.32. The van der Waals surface area contributed by atoms with Gasteiger partial charge in [0.05, 0.1) is 12.1 Å². The van der Waals surface area contributed by atoms with E-state index in [1.165, 1.54) is 29.2 Å². The van der Waals surface area contributed by atoms with Crippen LogP contribution in [0.2, 0.25) is 5.02 Å². The highest BCUT2D eigenvalue weighted by atomic mass is 35.5. The number of hydrogen-bond acceptors (Lipinski definition) is 3. The third kappa shape index (κ3) is 4.37. The fourth-order valence-corrected chi connectivity index (χ4v) is 3.59. The van der Waals surface area contributed by atoms with Crippen molar-refractivity contribution >= 4 is 34.7 Å². The van der Waals surface area contributed by atoms with Gasteiger partial charge in [0.15, 0.2) is 0 Å². The first-order valence-corrected chi connectivity index (χ1v) is 10.3. The number of nitrogens with zero attached hydrogens (tertiary/aromatic N) is 1. The molecule has 4 nitrogen and oxygen atoms in total. The maximum Gasteiger partial charge on any atom is 0.278 e. The smallest absolute Gasteiger partial charge is 0.278 e. The summed E-state index contributed by atoms with van der Waals surface area (Å²) in [6.45, 7) is 2.17. The monoisotopic (exact) mass is 434 g/mol. The molecule has 1 aliphatic heterocycles. The number of halogens is 2. The van der Waals surface area contributed by atoms with Gasteiger partial charge in [-0.25, -0.2) is 4.39 Å². The van der Waals surface area contributed by atoms with Crippen LogP contribution in [-0.4, -0.2) is 16.7 Å². The third-order valence-electron chi connectivity index (χ3n) is 5.19. The van der Waals surface area contributed by atoms with E-state index < -0.39 is 17.6 Å². The van der Waals surface area contributed by atoms with E-state index in [4.69, 9.17) is 11.6 Å². The van der Waals surface area contributed by atoms with Crippen molar-refractivity contribution in [2.24, 2.45) is 0 Å². The van der Waals surface area contributed by atoms with E-state index in [0.717, 1.165) is 17.5 Å². The first-order valence-electron chi connectivity index (χ1n) is 9.93. The second-order valence-corrected chi connectivity index (χ2v) is 7.69. The van der Waals surface area contributed by atoms with Crippen LogP contribution in [0.3, 0.4) is 0 Å². The van der Waals surface area contributed by atoms with E-state index >= 15 is 0 Å². The summed E-state index contributed by atoms with van der Waals surface area (Å²) in [5.41, 5.74) is 3.51. The molecule has 0 unspecified atom stereocenters. The predicted octanol–water partition coefficient (Wildman–Crippen LogP) is 5.43. The van der Waals surface area contributed by atoms with Gasteiger partial charge in [0.2, 0.25) is 0 Å². The molecule has 31 heavy (non-hydrogen) atoms. The van der Waals surface area contributed by atoms with Crippen molar-refractivity contribution in [2.45, 2.75) is 19.9 Å². The number of rotatable bonds is 6. The van der Waals surface area contributed by atoms with Gasteiger partial charge < -0.3 is 5.32 Å². The Morgan fingerprint density at radius 1 is 0.839 bits per heavy atom. The first-order chi connectivity index (χ1) is 15.0. The molecule has 2 amide bonds. The minimum atomic E-state index is -0.432. The molecule has 0 atom stereocenters. The minimum absolute atomic E-state index is 0.111. The van der Waals surface area contributed by atoms with Crippen LogP contribution in [-0.2, 0) is 22.6 Å². The Balaban J connectivity index is 1.71. The van der Waals surface area contributed by atoms with E-state index in [-0.39, 0.29) is 17.8 Å². The average molecular weight is 435 g/mol. The van der Waals surface area contributed by atoms with Gasteiger partial charge in [-0.15, -0.1) is 0 Å². The van der Waals surface area contributed by atoms with E-state index in [9.17, 15) is 14.0 Å². The lowest BCUT2D eigenvalue weighted by atomic mass is 10.0. The molecule has 3 aromatic carbocycles. The number of amides is 2. The zero-order valence-corrected chi connectivity index (χ0v) is 17.6. The summed E-state index contributed by atoms with van der Waals surface area (Å²) in [6, 6.07) is 20.2. The molecule has 0 spiro atoms. The molecule has 6 heteroatoms. The van der Waals surface area contributed by atoms with Crippen molar-refractivity contribution < 1.29 is 14.0 Å². The summed E-state index contributed by atoms with van der Waals surface area (Å²) in [4.78, 5) is 27.7. The standard InChI is InChI=1S/C25H20ClFN2O2/c1-2-16-5-13-21(14-6-16)28-23-22(18-7-11-20(27)12-8-18)24(30)29(25(23)31)15-17-3-9-19(26)10-4-17/h3-14,28H,2,15H2,1H3. The van der Waals surface area contributed by atoms with Crippen LogP contribution < -0.4 is 5.32 Å². The molecular formula is C25H20ClFN2O2. The second kappa shape index (κ2) is 8.74. The molecule has 0 saturated carbocycles. The number of imide groups is 1. The number of aryl methyl sites for hydroxylation is 1. The summed E-state index contributed by atoms with van der Waals surface area (Å²) < 4.78 is 13.5. The van der Waals surface area contributed by atoms with Gasteiger partial charge in [0.25, 0.3) is 11.8 Å². The molecule has 0 aliphatic carbocycles. The molecule has 0 saturated heterocycles. The third-order valence-corrected chi connectivity index (χ3v) is 5.44. The van der Waals surface area contributed by atoms with Crippen molar-refractivity contribution in [3.8, 4) is 0 Å². The Kier molecular flexibility index (Phi) is 5.87. The normalized spacial score (nSPS) is 13.8. The van der Waals surface area contributed by atoms with E-state index in [2.05, 4.69) is 12.2 Å². The molecule has 1 aliphatic rings. The maximum absolute atomic E-state index is 13.5. The minimum Gasteiger partial charge on any atom is -0.350 e. The lowest BCUT2D eigenvalue weighted by molar-refractivity contribution is -0.137. The van der Waals surface area contributed by atoms with Gasteiger partial charge in [-0.1, -0.05) is 54.9 Å². The van der Waals surface area contributed by atoms with Gasteiger partial charge in [-0.05, 0) is 59.5 Å². The maximum atomic E-state index is 13.5. The number of nitrogens with one attached hydrogen (secondary N) is 1. The summed E-state index contributed by atoms with van der Waals surface area (Å²) in [7, 11) is 0. The average Bonchev–Trinajstić information content (AvgIpc) is 3.00. The van der Waals surface area contributed by atoms with Crippen molar-refractivity contribution in [3.05, 3.63) is 106 Å². The molecule has 1 heterocycles. The van der Waals surface area contributed by atoms with Crippen LogP contribution in [0, 0.1) is 5.82 Å². The molecule has 1 N–H and O–H groups in total. The van der Waals surface area contributed by atoms with Crippen molar-refractivity contribution in [2.75, 3.05) is 5.32 Å². The molecular weight excluding hydrogens is 415 g/mol. The molecule has 4 rings (SSSR count). The highest BCUT2D eigenvalue weighted by Gasteiger charge is 2.39. The summed E-state index contributed by atoms with van der Waals surface area (Å²) >= 11 is 5.94. The first kappa shape index (κ1) is 20.8. The Morgan fingerprint density at radius 3 is 2.06 bits per heavy atom. The fourth-order valence-electron chi connectivity index (χ4n) is 3.46. The van der Waals surface area contributed by atoms with Gasteiger partial charge in [-0.3, -0.25) is 14.5 Å². The van der Waals surface area contributed by atoms with Gasteiger partial charge in [-0.2, -0.15) is 0 Å². The lowest BCUT2D eigenvalue weighted by Gasteiger charge is -2.15. The van der Waals surface area contributed by atoms with Crippen molar-refractivity contribution in [3.63, 3.8) is 0 Å². The molecule has 0 bridgehead atoms. The Labute approximate surface area is 185 Å². The van der Waals surface area contributed by atoms with E-state index in [1.54, 1.807) is 24.3 Å². The molecule has 0 fully saturated rings. The Morgan fingerprint density at radius 2 is 1.45 bits per heavy atom. The van der Waals surface area contributed by atoms with Crippen molar-refractivity contribution in [1.29, 1.82) is 0 Å². The van der Waals surface area contributed by atoms with Crippen LogP contribution in [0.1, 0.15) is 23.6 Å². The molecule has 0 aromatic heterocycles. The lowest BCUT2D eigenvalue weighted by Crippen LogP contribution is -2.32. The summed E-state index contributed by atoms with van der Waals surface area (Å²) in [5.74, 6) is -1.28. The summed E-state index contributed by atoms with van der Waals surface area (Å²) in [5, 5.41) is 3.69. The fraction of sp³-hybridized carbons (Fsp3) is 0.120.